The lowest BCUT2D eigenvalue weighted by Gasteiger charge is -2.39. The molecule has 22 heavy (non-hydrogen) atoms. The Labute approximate surface area is 133 Å². The maximum atomic E-state index is 6.22. The van der Waals surface area contributed by atoms with E-state index >= 15 is 0 Å². The first-order valence-electron chi connectivity index (χ1n) is 8.70. The van der Waals surface area contributed by atoms with Gasteiger partial charge in [-0.2, -0.15) is 0 Å². The molecule has 0 unspecified atom stereocenters. The van der Waals surface area contributed by atoms with Gasteiger partial charge in [0, 0.05) is 38.2 Å². The predicted octanol–water partition coefficient (Wildman–Crippen LogP) is 3.19. The summed E-state index contributed by atoms with van der Waals surface area (Å²) in [5.74, 6) is 0.747. The number of hydrogen-bond donors (Lipinski definition) is 0. The fourth-order valence-corrected chi connectivity index (χ4v) is 3.33. The molecular formula is C18H28N2O2. The van der Waals surface area contributed by atoms with Gasteiger partial charge in [0.1, 0.15) is 6.10 Å². The molecule has 2 aliphatic rings. The molecule has 122 valence electrons. The second-order valence-electron chi connectivity index (χ2n) is 6.68. The normalized spacial score (nSPS) is 26.6. The molecule has 1 aromatic rings. The molecule has 4 heteroatoms. The first-order valence-corrected chi connectivity index (χ1v) is 8.70. The molecule has 4 nitrogen and oxygen atoms in total. The van der Waals surface area contributed by atoms with E-state index in [9.17, 15) is 0 Å². The fourth-order valence-electron chi connectivity index (χ4n) is 3.33. The lowest BCUT2D eigenvalue weighted by molar-refractivity contribution is -0.110. The first-order chi connectivity index (χ1) is 10.7. The first kappa shape index (κ1) is 15.8. The molecule has 2 fully saturated rings. The van der Waals surface area contributed by atoms with Gasteiger partial charge in [0.05, 0.1) is 12.2 Å². The van der Waals surface area contributed by atoms with E-state index in [0.29, 0.717) is 12.2 Å². The Kier molecular flexibility index (Phi) is 5.32. The van der Waals surface area contributed by atoms with Crippen molar-refractivity contribution in [3.63, 3.8) is 0 Å². The fraction of sp³-hybridized carbons (Fsp3) is 0.722. The Hall–Kier alpha value is -1.13. The molecule has 0 atom stereocenters. The quantitative estimate of drug-likeness (QED) is 0.808. The van der Waals surface area contributed by atoms with Crippen LogP contribution in [-0.2, 0) is 4.74 Å². The lowest BCUT2D eigenvalue weighted by atomic mass is 9.91. The Morgan fingerprint density at radius 3 is 2.64 bits per heavy atom. The lowest BCUT2D eigenvalue weighted by Crippen LogP contribution is -2.44. The van der Waals surface area contributed by atoms with Crippen LogP contribution in [0.15, 0.2) is 18.3 Å². The summed E-state index contributed by atoms with van der Waals surface area (Å²) in [6, 6.07) is 3.99. The number of piperidine rings is 1. The van der Waals surface area contributed by atoms with Gasteiger partial charge in [-0.05, 0) is 44.4 Å². The van der Waals surface area contributed by atoms with Crippen molar-refractivity contribution >= 4 is 0 Å². The van der Waals surface area contributed by atoms with Crippen LogP contribution in [0.4, 0.5) is 0 Å². The molecule has 1 aromatic heterocycles. The van der Waals surface area contributed by atoms with Crippen LogP contribution in [0.25, 0.3) is 0 Å². The molecule has 0 bridgehead atoms. The van der Waals surface area contributed by atoms with Crippen LogP contribution in [0.2, 0.25) is 0 Å². The average Bonchev–Trinajstić information content (AvgIpc) is 2.47. The Bertz CT molecular complexity index is 466. The van der Waals surface area contributed by atoms with Crippen molar-refractivity contribution in [1.82, 2.24) is 9.88 Å². The minimum atomic E-state index is 0.277. The topological polar surface area (TPSA) is 34.6 Å². The maximum Gasteiger partial charge on any atom is 0.213 e. The largest absolute Gasteiger partial charge is 0.474 e. The molecule has 1 aliphatic heterocycles. The van der Waals surface area contributed by atoms with Crippen LogP contribution in [0.1, 0.15) is 44.6 Å². The van der Waals surface area contributed by atoms with Crippen LogP contribution in [0.5, 0.6) is 5.88 Å². The Balaban J connectivity index is 1.34. The van der Waals surface area contributed by atoms with Gasteiger partial charge in [-0.3, -0.25) is 0 Å². The Morgan fingerprint density at radius 1 is 1.18 bits per heavy atom. The van der Waals surface area contributed by atoms with Gasteiger partial charge in [-0.1, -0.05) is 6.92 Å². The smallest absolute Gasteiger partial charge is 0.213 e. The zero-order valence-electron chi connectivity index (χ0n) is 13.8. The van der Waals surface area contributed by atoms with Crippen LogP contribution >= 0.6 is 0 Å². The highest BCUT2D eigenvalue weighted by Gasteiger charge is 2.34. The SMILES string of the molecule is CCCN1CCC(O[C@H]2C[C@H](Oc3cc(C)ccn3)C2)CC1. The van der Waals surface area contributed by atoms with Gasteiger partial charge in [-0.25, -0.2) is 4.98 Å². The number of hydrogen-bond acceptors (Lipinski definition) is 4. The molecule has 0 amide bonds. The van der Waals surface area contributed by atoms with Crippen LogP contribution in [-0.4, -0.2) is 47.8 Å². The summed E-state index contributed by atoms with van der Waals surface area (Å²) >= 11 is 0. The number of ether oxygens (including phenoxy) is 2. The van der Waals surface area contributed by atoms with E-state index in [1.165, 1.54) is 44.5 Å². The average molecular weight is 304 g/mol. The molecule has 2 heterocycles. The third-order valence-corrected chi connectivity index (χ3v) is 4.69. The van der Waals surface area contributed by atoms with Crippen molar-refractivity contribution in [1.29, 1.82) is 0 Å². The molecule has 3 rings (SSSR count). The number of rotatable bonds is 6. The summed E-state index contributed by atoms with van der Waals surface area (Å²) in [6.07, 6.45) is 8.55. The summed E-state index contributed by atoms with van der Waals surface area (Å²) in [6.45, 7) is 7.93. The second kappa shape index (κ2) is 7.42. The van der Waals surface area contributed by atoms with Crippen LogP contribution in [0, 0.1) is 6.92 Å². The second-order valence-corrected chi connectivity index (χ2v) is 6.68. The van der Waals surface area contributed by atoms with Crippen LogP contribution in [0.3, 0.4) is 0 Å². The predicted molar refractivity (Wildman–Crippen MR) is 87.3 cm³/mol. The molecule has 1 saturated carbocycles. The molecule has 0 radical (unpaired) electrons. The highest BCUT2D eigenvalue weighted by molar-refractivity contribution is 5.19. The zero-order chi connectivity index (χ0) is 15.4. The van der Waals surface area contributed by atoms with Crippen molar-refractivity contribution in [3.05, 3.63) is 23.9 Å². The number of aryl methyl sites for hydroxylation is 1. The van der Waals surface area contributed by atoms with Crippen molar-refractivity contribution < 1.29 is 9.47 Å². The van der Waals surface area contributed by atoms with E-state index in [1.54, 1.807) is 6.20 Å². The van der Waals surface area contributed by atoms with E-state index < -0.39 is 0 Å². The summed E-state index contributed by atoms with van der Waals surface area (Å²) in [5, 5.41) is 0. The minimum Gasteiger partial charge on any atom is -0.474 e. The monoisotopic (exact) mass is 304 g/mol. The van der Waals surface area contributed by atoms with Crippen molar-refractivity contribution in [2.45, 2.75) is 64.3 Å². The standard InChI is InChI=1S/C18H28N2O2/c1-3-8-20-9-5-15(6-10-20)21-16-12-17(13-16)22-18-11-14(2)4-7-19-18/h4,7,11,15-17H,3,5-6,8-10,12-13H2,1-2H3/t16-,17-. The van der Waals surface area contributed by atoms with Crippen molar-refractivity contribution in [2.24, 2.45) is 0 Å². The van der Waals surface area contributed by atoms with E-state index in [0.717, 1.165) is 18.7 Å². The van der Waals surface area contributed by atoms with E-state index in [1.807, 2.05) is 12.1 Å². The summed E-state index contributed by atoms with van der Waals surface area (Å²) < 4.78 is 12.1. The summed E-state index contributed by atoms with van der Waals surface area (Å²) in [5.41, 5.74) is 1.19. The maximum absolute atomic E-state index is 6.22. The van der Waals surface area contributed by atoms with E-state index in [4.69, 9.17) is 9.47 Å². The molecule has 0 spiro atoms. The highest BCUT2D eigenvalue weighted by atomic mass is 16.5. The third kappa shape index (κ3) is 4.20. The van der Waals surface area contributed by atoms with E-state index in [-0.39, 0.29) is 6.10 Å². The number of pyridine rings is 1. The molecule has 0 aromatic carbocycles. The van der Waals surface area contributed by atoms with Gasteiger partial charge in [0.15, 0.2) is 0 Å². The van der Waals surface area contributed by atoms with Crippen molar-refractivity contribution in [3.8, 4) is 5.88 Å². The summed E-state index contributed by atoms with van der Waals surface area (Å²) in [4.78, 5) is 6.81. The summed E-state index contributed by atoms with van der Waals surface area (Å²) in [7, 11) is 0. The highest BCUT2D eigenvalue weighted by Crippen LogP contribution is 2.30. The molecule has 1 saturated heterocycles. The number of nitrogens with zero attached hydrogens (tertiary/aromatic N) is 2. The van der Waals surface area contributed by atoms with Gasteiger partial charge in [-0.15, -0.1) is 0 Å². The third-order valence-electron chi connectivity index (χ3n) is 4.69. The Morgan fingerprint density at radius 2 is 1.95 bits per heavy atom. The minimum absolute atomic E-state index is 0.277. The number of likely N-dealkylation sites (tertiary alicyclic amines) is 1. The van der Waals surface area contributed by atoms with Crippen molar-refractivity contribution in [2.75, 3.05) is 19.6 Å². The van der Waals surface area contributed by atoms with Gasteiger partial charge >= 0.3 is 0 Å². The number of aromatic nitrogens is 1. The molecular weight excluding hydrogens is 276 g/mol. The van der Waals surface area contributed by atoms with Gasteiger partial charge in [0.25, 0.3) is 0 Å². The molecule has 0 N–H and O–H groups in total. The van der Waals surface area contributed by atoms with Crippen LogP contribution < -0.4 is 4.74 Å². The van der Waals surface area contributed by atoms with Gasteiger partial charge < -0.3 is 14.4 Å². The van der Waals surface area contributed by atoms with E-state index in [2.05, 4.69) is 23.7 Å². The molecule has 1 aliphatic carbocycles. The van der Waals surface area contributed by atoms with Gasteiger partial charge in [0.2, 0.25) is 5.88 Å². The zero-order valence-corrected chi connectivity index (χ0v) is 13.8.